The molecular weight excluding hydrogens is 366 g/mol. The topological polar surface area (TPSA) is 56.0 Å². The molecule has 7 heteroatoms. The highest BCUT2D eigenvalue weighted by Gasteiger charge is 2.19. The van der Waals surface area contributed by atoms with Crippen LogP contribution >= 0.6 is 45.8 Å². The molecule has 0 spiro atoms. The minimum atomic E-state index is -0.578. The van der Waals surface area contributed by atoms with Crippen molar-refractivity contribution in [2.45, 2.75) is 0 Å². The van der Waals surface area contributed by atoms with Crippen LogP contribution in [0.25, 0.3) is 10.9 Å². The van der Waals surface area contributed by atoms with Crippen LogP contribution in [0.3, 0.4) is 0 Å². The SMILES string of the molecule is O=[N+]([O-])c1cnc2c(I)ccc(Cl)c2c1Cl. The lowest BCUT2D eigenvalue weighted by molar-refractivity contribution is -0.384. The molecule has 0 aliphatic heterocycles. The van der Waals surface area contributed by atoms with E-state index in [1.165, 1.54) is 0 Å². The Kier molecular flexibility index (Phi) is 3.18. The zero-order valence-corrected chi connectivity index (χ0v) is 11.2. The Balaban J connectivity index is 2.94. The molecule has 2 aromatic rings. The predicted octanol–water partition coefficient (Wildman–Crippen LogP) is 4.05. The molecule has 0 amide bonds. The molecule has 16 heavy (non-hydrogen) atoms. The quantitative estimate of drug-likeness (QED) is 0.433. The number of fused-ring (bicyclic) bond motifs is 1. The molecule has 0 N–H and O–H groups in total. The number of halogens is 3. The van der Waals surface area contributed by atoms with Crippen molar-refractivity contribution < 1.29 is 4.92 Å². The van der Waals surface area contributed by atoms with Crippen LogP contribution in [0.1, 0.15) is 0 Å². The molecule has 0 aliphatic carbocycles. The summed E-state index contributed by atoms with van der Waals surface area (Å²) < 4.78 is 0.841. The van der Waals surface area contributed by atoms with Gasteiger partial charge in [-0.3, -0.25) is 10.1 Å². The highest BCUT2D eigenvalue weighted by atomic mass is 127. The summed E-state index contributed by atoms with van der Waals surface area (Å²) in [5.74, 6) is 0. The van der Waals surface area contributed by atoms with Gasteiger partial charge in [0, 0.05) is 8.96 Å². The molecule has 0 radical (unpaired) electrons. The number of nitrogens with zero attached hydrogens (tertiary/aromatic N) is 2. The van der Waals surface area contributed by atoms with Gasteiger partial charge in [0.1, 0.15) is 11.2 Å². The summed E-state index contributed by atoms with van der Waals surface area (Å²) in [5, 5.41) is 11.5. The summed E-state index contributed by atoms with van der Waals surface area (Å²) in [5.41, 5.74) is 0.335. The molecule has 0 fully saturated rings. The van der Waals surface area contributed by atoms with E-state index in [1.807, 2.05) is 0 Å². The fourth-order valence-corrected chi connectivity index (χ4v) is 2.51. The summed E-state index contributed by atoms with van der Waals surface area (Å²) in [7, 11) is 0. The summed E-state index contributed by atoms with van der Waals surface area (Å²) in [4.78, 5) is 14.1. The van der Waals surface area contributed by atoms with Crippen molar-refractivity contribution in [3.63, 3.8) is 0 Å². The van der Waals surface area contributed by atoms with Crippen molar-refractivity contribution >= 4 is 62.4 Å². The molecule has 0 atom stereocenters. The van der Waals surface area contributed by atoms with E-state index in [9.17, 15) is 10.1 Å². The molecule has 1 heterocycles. The van der Waals surface area contributed by atoms with E-state index in [2.05, 4.69) is 27.6 Å². The van der Waals surface area contributed by atoms with E-state index < -0.39 is 4.92 Å². The van der Waals surface area contributed by atoms with E-state index in [0.29, 0.717) is 15.9 Å². The number of hydrogen-bond donors (Lipinski definition) is 0. The molecular formula is C9H3Cl2IN2O2. The molecule has 0 unspecified atom stereocenters. The van der Waals surface area contributed by atoms with Crippen molar-refractivity contribution in [2.75, 3.05) is 0 Å². The Morgan fingerprint density at radius 1 is 1.38 bits per heavy atom. The van der Waals surface area contributed by atoms with Crippen molar-refractivity contribution in [1.82, 2.24) is 4.98 Å². The second kappa shape index (κ2) is 4.31. The second-order valence-electron chi connectivity index (χ2n) is 2.97. The Morgan fingerprint density at radius 2 is 2.06 bits per heavy atom. The van der Waals surface area contributed by atoms with Gasteiger partial charge in [-0.25, -0.2) is 4.98 Å². The standard InChI is InChI=1S/C9H3Cl2IN2O2/c10-4-1-2-5(12)9-7(4)8(11)6(3-13-9)14(15)16/h1-3H. The van der Waals surface area contributed by atoms with Gasteiger partial charge in [-0.2, -0.15) is 0 Å². The van der Waals surface area contributed by atoms with E-state index in [4.69, 9.17) is 23.2 Å². The van der Waals surface area contributed by atoms with Gasteiger partial charge in [0.15, 0.2) is 0 Å². The summed E-state index contributed by atoms with van der Waals surface area (Å²) >= 11 is 14.0. The number of aromatic nitrogens is 1. The number of hydrogen-bond acceptors (Lipinski definition) is 3. The lowest BCUT2D eigenvalue weighted by Crippen LogP contribution is -1.93. The van der Waals surface area contributed by atoms with Crippen molar-refractivity contribution in [2.24, 2.45) is 0 Å². The molecule has 82 valence electrons. The van der Waals surface area contributed by atoms with Crippen LogP contribution < -0.4 is 0 Å². The highest BCUT2D eigenvalue weighted by molar-refractivity contribution is 14.1. The van der Waals surface area contributed by atoms with Gasteiger partial charge in [0.2, 0.25) is 0 Å². The first-order valence-corrected chi connectivity index (χ1v) is 5.92. The summed E-state index contributed by atoms with van der Waals surface area (Å²) in [6, 6.07) is 3.42. The maximum absolute atomic E-state index is 10.7. The maximum atomic E-state index is 10.7. The summed E-state index contributed by atoms with van der Waals surface area (Å²) in [6.45, 7) is 0. The third kappa shape index (κ3) is 1.83. The largest absolute Gasteiger partial charge is 0.306 e. The van der Waals surface area contributed by atoms with Crippen LogP contribution in [0.15, 0.2) is 18.3 Å². The van der Waals surface area contributed by atoms with Gasteiger partial charge < -0.3 is 0 Å². The van der Waals surface area contributed by atoms with Gasteiger partial charge in [-0.05, 0) is 34.7 Å². The minimum Gasteiger partial charge on any atom is -0.258 e. The van der Waals surface area contributed by atoms with Gasteiger partial charge in [-0.15, -0.1) is 0 Å². The molecule has 1 aromatic carbocycles. The Labute approximate surface area is 114 Å². The molecule has 0 saturated heterocycles. The van der Waals surface area contributed by atoms with Crippen molar-refractivity contribution in [3.05, 3.63) is 42.1 Å². The normalized spacial score (nSPS) is 10.7. The molecule has 2 rings (SSSR count). The minimum absolute atomic E-state index is 0.0264. The lowest BCUT2D eigenvalue weighted by atomic mass is 10.2. The lowest BCUT2D eigenvalue weighted by Gasteiger charge is -2.04. The Hall–Kier alpha value is -0.660. The smallest absolute Gasteiger partial charge is 0.258 e. The average Bonchev–Trinajstić information content (AvgIpc) is 2.23. The zero-order chi connectivity index (χ0) is 11.9. The fourth-order valence-electron chi connectivity index (χ4n) is 1.31. The van der Waals surface area contributed by atoms with Gasteiger partial charge in [0.05, 0.1) is 15.5 Å². The third-order valence-electron chi connectivity index (χ3n) is 2.03. The molecule has 0 aliphatic rings. The van der Waals surface area contributed by atoms with Gasteiger partial charge in [0.25, 0.3) is 0 Å². The number of pyridine rings is 1. The van der Waals surface area contributed by atoms with E-state index in [0.717, 1.165) is 9.77 Å². The van der Waals surface area contributed by atoms with Crippen LogP contribution in [0.2, 0.25) is 10.0 Å². The van der Waals surface area contributed by atoms with E-state index in [-0.39, 0.29) is 10.7 Å². The molecule has 0 bridgehead atoms. The molecule has 0 saturated carbocycles. The number of benzene rings is 1. The van der Waals surface area contributed by atoms with Crippen molar-refractivity contribution in [3.8, 4) is 0 Å². The number of nitro groups is 1. The van der Waals surface area contributed by atoms with Crippen LogP contribution in [0.4, 0.5) is 5.69 Å². The van der Waals surface area contributed by atoms with Gasteiger partial charge >= 0.3 is 5.69 Å². The second-order valence-corrected chi connectivity index (χ2v) is 4.91. The van der Waals surface area contributed by atoms with Crippen molar-refractivity contribution in [1.29, 1.82) is 0 Å². The average molecular weight is 369 g/mol. The Bertz CT molecular complexity index is 604. The monoisotopic (exact) mass is 368 g/mol. The highest BCUT2D eigenvalue weighted by Crippen LogP contribution is 2.36. The van der Waals surface area contributed by atoms with Crippen LogP contribution in [0, 0.1) is 13.7 Å². The fraction of sp³-hybridized carbons (Fsp3) is 0. The van der Waals surface area contributed by atoms with Crippen LogP contribution in [-0.2, 0) is 0 Å². The predicted molar refractivity (Wildman–Crippen MR) is 71.1 cm³/mol. The summed E-state index contributed by atoms with van der Waals surface area (Å²) in [6.07, 6.45) is 1.14. The zero-order valence-electron chi connectivity index (χ0n) is 7.58. The number of rotatable bonds is 1. The molecule has 4 nitrogen and oxygen atoms in total. The van der Waals surface area contributed by atoms with Gasteiger partial charge in [-0.1, -0.05) is 23.2 Å². The third-order valence-corrected chi connectivity index (χ3v) is 3.60. The van der Waals surface area contributed by atoms with Crippen LogP contribution in [-0.4, -0.2) is 9.91 Å². The first-order chi connectivity index (χ1) is 7.52. The maximum Gasteiger partial charge on any atom is 0.306 e. The molecule has 1 aromatic heterocycles. The van der Waals surface area contributed by atoms with E-state index >= 15 is 0 Å². The van der Waals surface area contributed by atoms with Crippen LogP contribution in [0.5, 0.6) is 0 Å². The first-order valence-electron chi connectivity index (χ1n) is 4.09. The van der Waals surface area contributed by atoms with E-state index in [1.54, 1.807) is 12.1 Å². The Morgan fingerprint density at radius 3 is 2.69 bits per heavy atom. The first kappa shape index (κ1) is 11.8.